The Morgan fingerprint density at radius 3 is 1.43 bits per heavy atom. The van der Waals surface area contributed by atoms with Crippen LogP contribution in [-0.4, -0.2) is 92.7 Å². The highest BCUT2D eigenvalue weighted by molar-refractivity contribution is 8.13. The number of aromatic nitrogens is 2. The predicted molar refractivity (Wildman–Crippen MR) is 253 cm³/mol. The number of carbonyl (C=O) groups is 2. The van der Waals surface area contributed by atoms with Gasteiger partial charge in [0.25, 0.3) is 10.1 Å². The van der Waals surface area contributed by atoms with Crippen LogP contribution in [0.3, 0.4) is 0 Å². The molecule has 10 aliphatic carbocycles. The SMILES string of the molecule is CC(C(=O)NC12CC(CO)(C1)C2)C1[C@H]2CC(Oc3ccnc4ccc(F)cc34)C[C@@H]12.CC(C(=O)NC12CC(COS(C)(=O)=O)(C1)C2)C1[C@H]2CC(Oc3ccnc4ccc(F)cc34)C[C@@H]12.CS(=O)(=O)Cl. The van der Waals surface area contributed by atoms with Gasteiger partial charge in [-0.3, -0.25) is 23.7 Å². The average Bonchev–Trinajstić information content (AvgIpc) is 3.95. The summed E-state index contributed by atoms with van der Waals surface area (Å²) in [6, 6.07) is 12.7. The lowest BCUT2D eigenvalue weighted by Gasteiger charge is -2.70. The molecule has 4 bridgehead atoms. The lowest BCUT2D eigenvalue weighted by atomic mass is 9.39. The Morgan fingerprint density at radius 1 is 0.696 bits per heavy atom. The fourth-order valence-corrected chi connectivity index (χ4v) is 14.5. The zero-order valence-corrected chi connectivity index (χ0v) is 41.4. The molecule has 10 atom stereocenters. The van der Waals surface area contributed by atoms with Gasteiger partial charge in [0, 0.05) is 74.2 Å². The van der Waals surface area contributed by atoms with E-state index in [2.05, 4.69) is 38.2 Å². The summed E-state index contributed by atoms with van der Waals surface area (Å²) < 4.78 is 86.1. The van der Waals surface area contributed by atoms with E-state index in [1.54, 1.807) is 30.6 Å². The van der Waals surface area contributed by atoms with Crippen LogP contribution in [0.25, 0.3) is 21.8 Å². The number of carbonyl (C=O) groups excluding carboxylic acids is 2. The number of pyridine rings is 2. The van der Waals surface area contributed by atoms with Gasteiger partial charge < -0.3 is 25.2 Å². The van der Waals surface area contributed by atoms with Crippen LogP contribution in [0.15, 0.2) is 60.9 Å². The molecule has 0 spiro atoms. The molecule has 69 heavy (non-hydrogen) atoms. The zero-order valence-electron chi connectivity index (χ0n) is 39.0. The smallest absolute Gasteiger partial charge is 0.264 e. The van der Waals surface area contributed by atoms with E-state index in [0.717, 1.165) is 82.2 Å². The lowest BCUT2D eigenvalue weighted by Crippen LogP contribution is -2.76. The number of nitrogens with one attached hydrogen (secondary N) is 2. The van der Waals surface area contributed by atoms with Gasteiger partial charge in [0.1, 0.15) is 23.1 Å². The van der Waals surface area contributed by atoms with Gasteiger partial charge in [0.15, 0.2) is 0 Å². The highest BCUT2D eigenvalue weighted by atomic mass is 35.7. The molecule has 6 unspecified atom stereocenters. The van der Waals surface area contributed by atoms with E-state index in [0.29, 0.717) is 63.3 Å². The second kappa shape index (κ2) is 17.2. The molecule has 0 saturated heterocycles. The molecule has 14 rings (SSSR count). The third-order valence-electron chi connectivity index (χ3n) is 16.8. The van der Waals surface area contributed by atoms with E-state index in [9.17, 15) is 40.3 Å². The quantitative estimate of drug-likeness (QED) is 0.0860. The first kappa shape index (κ1) is 48.4. The van der Waals surface area contributed by atoms with E-state index in [1.165, 1.54) is 24.3 Å². The Labute approximate surface area is 405 Å². The van der Waals surface area contributed by atoms with E-state index in [4.69, 9.17) is 13.7 Å². The number of halogens is 3. The van der Waals surface area contributed by atoms with Crippen LogP contribution in [0, 0.1) is 69.8 Å². The van der Waals surface area contributed by atoms with Gasteiger partial charge in [-0.15, -0.1) is 0 Å². The first-order valence-corrected chi connectivity index (χ1v) is 28.4. The molecule has 0 aliphatic heterocycles. The van der Waals surface area contributed by atoms with Gasteiger partial charge in [-0.2, -0.15) is 8.42 Å². The van der Waals surface area contributed by atoms with Crippen molar-refractivity contribution >= 4 is 63.5 Å². The molecule has 372 valence electrons. The molecule has 2 heterocycles. The van der Waals surface area contributed by atoms with E-state index in [1.807, 2.05) is 13.0 Å². The average molecular weight is 1010 g/mol. The molecule has 14 nitrogen and oxygen atoms in total. The van der Waals surface area contributed by atoms with Gasteiger partial charge in [-0.1, -0.05) is 13.8 Å². The molecular formula is C50H59ClF2N4O10S2. The molecule has 10 aliphatic rings. The van der Waals surface area contributed by atoms with Crippen molar-refractivity contribution in [2.45, 2.75) is 101 Å². The van der Waals surface area contributed by atoms with Crippen LogP contribution >= 0.6 is 10.7 Å². The number of hydrogen-bond donors (Lipinski definition) is 3. The highest BCUT2D eigenvalue weighted by Gasteiger charge is 2.70. The highest BCUT2D eigenvalue weighted by Crippen LogP contribution is 2.69. The third-order valence-corrected chi connectivity index (χ3v) is 17.3. The van der Waals surface area contributed by atoms with E-state index >= 15 is 0 Å². The zero-order chi connectivity index (χ0) is 49.1. The molecule has 2 aromatic carbocycles. The molecule has 2 amide bonds. The number of aliphatic hydroxyl groups is 1. The van der Waals surface area contributed by atoms with E-state index < -0.39 is 19.2 Å². The monoisotopic (exact) mass is 1010 g/mol. The Kier molecular flexibility index (Phi) is 12.1. The van der Waals surface area contributed by atoms with Crippen molar-refractivity contribution in [2.75, 3.05) is 25.7 Å². The van der Waals surface area contributed by atoms with Crippen LogP contribution < -0.4 is 20.1 Å². The predicted octanol–water partition coefficient (Wildman–Crippen LogP) is 7.06. The number of hydrogen-bond acceptors (Lipinski definition) is 12. The maximum atomic E-state index is 13.7. The van der Waals surface area contributed by atoms with Crippen LogP contribution in [0.4, 0.5) is 8.78 Å². The molecule has 10 fully saturated rings. The number of aliphatic hydroxyl groups excluding tert-OH is 1. The number of ether oxygens (including phenoxy) is 2. The molecular weight excluding hydrogens is 954 g/mol. The minimum absolute atomic E-state index is 0.0240. The van der Waals surface area contributed by atoms with E-state index in [-0.39, 0.29) is 82.6 Å². The maximum absolute atomic E-state index is 13.7. The lowest BCUT2D eigenvalue weighted by molar-refractivity contribution is -0.184. The van der Waals surface area contributed by atoms with Gasteiger partial charge >= 0.3 is 0 Å². The Morgan fingerprint density at radius 2 is 1.07 bits per heavy atom. The minimum Gasteiger partial charge on any atom is -0.490 e. The largest absolute Gasteiger partial charge is 0.490 e. The first-order valence-electron chi connectivity index (χ1n) is 23.9. The minimum atomic E-state index is -3.43. The molecule has 0 radical (unpaired) electrons. The Bertz CT molecular complexity index is 2870. The van der Waals surface area contributed by atoms with Crippen LogP contribution in [0.2, 0.25) is 0 Å². The van der Waals surface area contributed by atoms with Crippen molar-refractivity contribution in [3.05, 3.63) is 72.6 Å². The van der Waals surface area contributed by atoms with Crippen LogP contribution in [0.1, 0.15) is 78.1 Å². The number of benzene rings is 2. The molecule has 10 saturated carbocycles. The fraction of sp³-hybridized carbons (Fsp3) is 0.600. The van der Waals surface area contributed by atoms with Gasteiger partial charge in [0.05, 0.1) is 42.4 Å². The summed E-state index contributed by atoms with van der Waals surface area (Å²) in [6.45, 7) is 4.53. The molecule has 2 aromatic heterocycles. The number of rotatable bonds is 14. The summed E-state index contributed by atoms with van der Waals surface area (Å²) in [5.41, 5.74) is 1.28. The summed E-state index contributed by atoms with van der Waals surface area (Å²) in [5, 5.41) is 17.3. The standard InChI is InChI=1S/C25H29FN2O5S.C24H27FN2O3.CH3ClO2S/c1-14(23(29)28-25-10-24(11-25,12-25)13-32-34(2,30)31)22-17-8-16(9-18(17)22)33-21-5-6-27-20-4-3-15(26)7-19(20)21;1-13(22(29)27-24-9-23(10-24,11-24)12-28)21-16-7-15(8-17(16)21)30-20-4-5-26-19-3-2-14(25)6-18(19)20;1-5(2,3)4/h3-7,14,16-18,22H,8-13H2,1-2H3,(H,28,29);2-6,13,15-17,21,28H,7-12H2,1H3,(H,27,29);1H3/t14?,16?,17-,18+,22?,24?,25?;13?,15?,16-,17+,21?,23?,24?;. The van der Waals surface area contributed by atoms with Gasteiger partial charge in [-0.05, 0) is 148 Å². The van der Waals surface area contributed by atoms with Crippen molar-refractivity contribution < 1.29 is 54.0 Å². The second-order valence-corrected chi connectivity index (χ2v) is 26.8. The summed E-state index contributed by atoms with van der Waals surface area (Å²) in [6.07, 6.45) is 14.5. The van der Waals surface area contributed by atoms with Crippen molar-refractivity contribution in [2.24, 2.45) is 58.2 Å². The second-order valence-electron chi connectivity index (χ2n) is 22.2. The number of fused-ring (bicyclic) bond motifs is 4. The van der Waals surface area contributed by atoms with Crippen molar-refractivity contribution in [3.63, 3.8) is 0 Å². The summed E-state index contributed by atoms with van der Waals surface area (Å²) in [7, 11) is -2.12. The van der Waals surface area contributed by atoms with Gasteiger partial charge in [0.2, 0.25) is 20.9 Å². The van der Waals surface area contributed by atoms with Crippen molar-refractivity contribution in [1.29, 1.82) is 0 Å². The van der Waals surface area contributed by atoms with Crippen molar-refractivity contribution in [3.8, 4) is 11.5 Å². The Hall–Kier alpha value is -4.23. The van der Waals surface area contributed by atoms with Crippen molar-refractivity contribution in [1.82, 2.24) is 20.6 Å². The maximum Gasteiger partial charge on any atom is 0.264 e. The Balaban J connectivity index is 0.000000147. The topological polar surface area (TPSA) is 200 Å². The molecule has 4 aromatic rings. The van der Waals surface area contributed by atoms with Crippen LogP contribution in [0.5, 0.6) is 11.5 Å². The van der Waals surface area contributed by atoms with Gasteiger partial charge in [-0.25, -0.2) is 17.2 Å². The molecule has 19 heteroatoms. The summed E-state index contributed by atoms with van der Waals surface area (Å²) in [4.78, 5) is 34.3. The third kappa shape index (κ3) is 9.78. The number of nitrogens with zero attached hydrogens (tertiary/aromatic N) is 2. The summed E-state index contributed by atoms with van der Waals surface area (Å²) in [5.74, 6) is 3.87. The fourth-order valence-electron chi connectivity index (χ4n) is 14.0. The first-order chi connectivity index (χ1) is 32.5. The molecule has 3 N–H and O–H groups in total. The van der Waals surface area contributed by atoms with Crippen LogP contribution in [-0.2, 0) is 32.9 Å². The normalized spacial score (nSPS) is 35.6. The summed E-state index contributed by atoms with van der Waals surface area (Å²) >= 11 is 0. The number of amides is 2.